The number of hydrogen-bond acceptors (Lipinski definition) is 2. The van der Waals surface area contributed by atoms with E-state index in [0.29, 0.717) is 0 Å². The molecule has 0 atom stereocenters. The van der Waals surface area contributed by atoms with Gasteiger partial charge in [0.2, 0.25) is 0 Å². The van der Waals surface area contributed by atoms with E-state index in [1.807, 2.05) is 0 Å². The van der Waals surface area contributed by atoms with Crippen LogP contribution in [-0.2, 0) is 32.5 Å². The van der Waals surface area contributed by atoms with Gasteiger partial charge in [0.25, 0.3) is 6.71 Å². The van der Waals surface area contributed by atoms with Gasteiger partial charge in [0.1, 0.15) is 0 Å². The summed E-state index contributed by atoms with van der Waals surface area (Å²) in [5, 5.41) is 7.70. The molecular weight excluding hydrogens is 980 g/mol. The van der Waals surface area contributed by atoms with Gasteiger partial charge in [0.05, 0.1) is 39.1 Å². The van der Waals surface area contributed by atoms with Gasteiger partial charge in [-0.1, -0.05) is 185 Å². The number of aromatic nitrogens is 2. The lowest BCUT2D eigenvalue weighted by atomic mass is 9.33. The summed E-state index contributed by atoms with van der Waals surface area (Å²) in [6, 6.07) is 60.6. The number of rotatable bonds is 2. The van der Waals surface area contributed by atoms with Gasteiger partial charge in [-0.2, -0.15) is 0 Å². The Balaban J connectivity index is 1.14. The normalized spacial score (nSPS) is 14.5. The Kier molecular flexibility index (Phi) is 10.6. The van der Waals surface area contributed by atoms with Gasteiger partial charge in [-0.25, -0.2) is 0 Å². The van der Waals surface area contributed by atoms with Crippen LogP contribution in [0.15, 0.2) is 152 Å². The van der Waals surface area contributed by atoms with E-state index in [4.69, 9.17) is 0 Å². The van der Waals surface area contributed by atoms with E-state index < -0.39 is 0 Å². The SMILES string of the molecule is CC(C)(C)c1cc2c3c(c1)N1c4c(cc(C(C)(C)C)cc4-n4c5ccc(C(C)(C)C)cc5c5cc(C(C)(C)C)cc1c54)B3c1ccc(-n3c4ccc(C(C)(C)C)cc4c4cc(C(C)(C)C)ccc43)cc1N2c1ccc2ccccc2c1. The molecule has 0 amide bonds. The lowest BCUT2D eigenvalue weighted by molar-refractivity contribution is 0.589. The van der Waals surface area contributed by atoms with Crippen LogP contribution >= 0.6 is 0 Å². The first-order valence-corrected chi connectivity index (χ1v) is 29.8. The minimum atomic E-state index is -0.172. The Labute approximate surface area is 481 Å². The Morgan fingerprint density at radius 2 is 0.741 bits per heavy atom. The molecule has 0 saturated carbocycles. The summed E-state index contributed by atoms with van der Waals surface area (Å²) in [5.74, 6) is 0. The van der Waals surface area contributed by atoms with Crippen LogP contribution < -0.4 is 26.2 Å². The van der Waals surface area contributed by atoms with Gasteiger partial charge in [-0.15, -0.1) is 0 Å². The second-order valence-corrected chi connectivity index (χ2v) is 30.5. The van der Waals surface area contributed by atoms with Crippen molar-refractivity contribution in [3.63, 3.8) is 0 Å². The van der Waals surface area contributed by atoms with Crippen molar-refractivity contribution in [3.8, 4) is 11.4 Å². The predicted octanol–water partition coefficient (Wildman–Crippen LogP) is 19.2. The van der Waals surface area contributed by atoms with E-state index in [1.54, 1.807) is 0 Å². The smallest absolute Gasteiger partial charge is 0.252 e. The molecular formula is C76H79BN4. The molecule has 0 N–H and O–H groups in total. The molecule has 5 heteroatoms. The van der Waals surface area contributed by atoms with Crippen LogP contribution in [0.25, 0.3) is 65.8 Å². The van der Waals surface area contributed by atoms with Crippen LogP contribution in [-0.4, -0.2) is 15.8 Å². The van der Waals surface area contributed by atoms with Crippen LogP contribution in [0.5, 0.6) is 0 Å². The van der Waals surface area contributed by atoms with Crippen molar-refractivity contribution in [1.82, 2.24) is 9.13 Å². The van der Waals surface area contributed by atoms with Crippen LogP contribution in [0, 0.1) is 0 Å². The van der Waals surface area contributed by atoms with Gasteiger partial charge < -0.3 is 18.9 Å². The topological polar surface area (TPSA) is 16.3 Å². The Bertz CT molecular complexity index is 4460. The van der Waals surface area contributed by atoms with E-state index >= 15 is 0 Å². The molecule has 81 heavy (non-hydrogen) atoms. The average Bonchev–Trinajstić information content (AvgIpc) is 2.31. The molecule has 2 aromatic heterocycles. The van der Waals surface area contributed by atoms with E-state index in [2.05, 4.69) is 295 Å². The molecule has 0 spiro atoms. The Morgan fingerprint density at radius 1 is 0.296 bits per heavy atom. The molecule has 0 aliphatic carbocycles. The first kappa shape index (κ1) is 51.6. The number of fused-ring (bicyclic) bond motifs is 13. The largest absolute Gasteiger partial charge is 0.311 e. The standard InChI is InChI=1S/C76H79BN4/c1-71(2,3)46-24-30-60-54(34-46)55-35-47(72(4,5)6)25-31-61(55)78(60)53-28-29-58-63(43-53)79(52-27-23-44-21-19-20-22-45(44)33-52)64-39-51(76(16,17)18)40-65-68(64)77(58)59-38-50(75(13,14)15)42-67-70(59)81(65)66-41-49(74(10,11)12)37-57-56-36-48(73(7,8)9)26-32-62(56)80(67)69(57)66/h19-43H,1-18H3. The van der Waals surface area contributed by atoms with Crippen LogP contribution in [0.2, 0.25) is 0 Å². The molecule has 3 aliphatic heterocycles. The summed E-state index contributed by atoms with van der Waals surface area (Å²) in [6.45, 7) is 42.4. The van der Waals surface area contributed by atoms with Crippen molar-refractivity contribution in [3.05, 3.63) is 185 Å². The molecule has 406 valence electrons. The van der Waals surface area contributed by atoms with E-state index in [0.717, 1.165) is 11.4 Å². The summed E-state index contributed by atoms with van der Waals surface area (Å²) < 4.78 is 5.21. The third-order valence-corrected chi connectivity index (χ3v) is 18.7. The zero-order chi connectivity index (χ0) is 57.2. The molecule has 0 bridgehead atoms. The fraction of sp³-hybridized carbons (Fsp3) is 0.316. The zero-order valence-electron chi connectivity index (χ0n) is 51.3. The van der Waals surface area contributed by atoms with Crippen molar-refractivity contribution in [2.75, 3.05) is 9.80 Å². The number of hydrogen-bond donors (Lipinski definition) is 0. The van der Waals surface area contributed by atoms with Gasteiger partial charge in [-0.05, 0) is 184 Å². The minimum Gasteiger partial charge on any atom is -0.311 e. The quantitative estimate of drug-likeness (QED) is 0.160. The Morgan fingerprint density at radius 3 is 1.30 bits per heavy atom. The maximum Gasteiger partial charge on any atom is 0.252 e. The second-order valence-electron chi connectivity index (χ2n) is 30.5. The monoisotopic (exact) mass is 1060 g/mol. The highest BCUT2D eigenvalue weighted by molar-refractivity contribution is 7.00. The van der Waals surface area contributed by atoms with E-state index in [-0.39, 0.29) is 39.2 Å². The van der Waals surface area contributed by atoms with Crippen LogP contribution in [0.4, 0.5) is 34.1 Å². The average molecular weight is 1060 g/mol. The Hall–Kier alpha value is -7.50. The highest BCUT2D eigenvalue weighted by Crippen LogP contribution is 2.55. The summed E-state index contributed by atoms with van der Waals surface area (Å²) in [4.78, 5) is 5.38. The lowest BCUT2D eigenvalue weighted by Gasteiger charge is -2.47. The fourth-order valence-electron chi connectivity index (χ4n) is 13.8. The molecule has 5 heterocycles. The highest BCUT2D eigenvalue weighted by Gasteiger charge is 2.48. The van der Waals surface area contributed by atoms with E-state index in [1.165, 1.54) is 138 Å². The van der Waals surface area contributed by atoms with Crippen molar-refractivity contribution in [1.29, 1.82) is 0 Å². The van der Waals surface area contributed by atoms with Gasteiger partial charge in [0, 0.05) is 50.0 Å². The summed E-state index contributed by atoms with van der Waals surface area (Å²) >= 11 is 0. The summed E-state index contributed by atoms with van der Waals surface area (Å²) in [6.07, 6.45) is 0. The molecule has 14 rings (SSSR count). The first-order valence-electron chi connectivity index (χ1n) is 29.8. The van der Waals surface area contributed by atoms with Crippen molar-refractivity contribution in [2.24, 2.45) is 0 Å². The molecule has 4 nitrogen and oxygen atoms in total. The van der Waals surface area contributed by atoms with Crippen LogP contribution in [0.1, 0.15) is 158 Å². The molecule has 9 aromatic carbocycles. The summed E-state index contributed by atoms with van der Waals surface area (Å²) in [7, 11) is 0. The summed E-state index contributed by atoms with van der Waals surface area (Å²) in [5.41, 5.74) is 26.5. The van der Waals surface area contributed by atoms with Crippen molar-refractivity contribution < 1.29 is 0 Å². The zero-order valence-corrected chi connectivity index (χ0v) is 51.3. The maximum absolute atomic E-state index is 2.73. The molecule has 0 saturated heterocycles. The molecule has 3 aliphatic rings. The third-order valence-electron chi connectivity index (χ3n) is 18.7. The molecule has 0 radical (unpaired) electrons. The van der Waals surface area contributed by atoms with Gasteiger partial charge in [-0.3, -0.25) is 0 Å². The minimum absolute atomic E-state index is 0.000834. The number of anilines is 6. The van der Waals surface area contributed by atoms with Crippen molar-refractivity contribution in [2.45, 2.75) is 157 Å². The van der Waals surface area contributed by atoms with Crippen LogP contribution in [0.3, 0.4) is 0 Å². The third kappa shape index (κ3) is 7.69. The number of nitrogens with zero attached hydrogens (tertiary/aromatic N) is 4. The van der Waals surface area contributed by atoms with E-state index in [9.17, 15) is 0 Å². The second kappa shape index (κ2) is 16.6. The molecule has 0 fully saturated rings. The number of benzene rings is 9. The highest BCUT2D eigenvalue weighted by atomic mass is 15.2. The maximum atomic E-state index is 2.73. The van der Waals surface area contributed by atoms with Gasteiger partial charge in [0.15, 0.2) is 0 Å². The van der Waals surface area contributed by atoms with Gasteiger partial charge >= 0.3 is 0 Å². The first-order chi connectivity index (χ1) is 37.9. The fourth-order valence-corrected chi connectivity index (χ4v) is 13.8. The van der Waals surface area contributed by atoms with Crippen molar-refractivity contribution >= 4 is 112 Å². The molecule has 0 unspecified atom stereocenters. The molecule has 11 aromatic rings. The lowest BCUT2D eigenvalue weighted by Crippen LogP contribution is -2.62. The predicted molar refractivity (Wildman–Crippen MR) is 352 cm³/mol.